The van der Waals surface area contributed by atoms with Crippen molar-refractivity contribution in [2.24, 2.45) is 0 Å². The van der Waals surface area contributed by atoms with Crippen molar-refractivity contribution in [3.05, 3.63) is 146 Å². The highest BCUT2D eigenvalue weighted by molar-refractivity contribution is 5.71. The van der Waals surface area contributed by atoms with E-state index in [1.165, 1.54) is 109 Å². The van der Waals surface area contributed by atoms with Gasteiger partial charge in [0.2, 0.25) is 0 Å². The van der Waals surface area contributed by atoms with Gasteiger partial charge in [-0.15, -0.1) is 0 Å². The summed E-state index contributed by atoms with van der Waals surface area (Å²) in [5.74, 6) is -0.918. The Bertz CT molecular complexity index is 1800. The molecule has 83 heavy (non-hydrogen) atoms. The van der Waals surface area contributed by atoms with E-state index < -0.39 is 6.10 Å². The standard InChI is InChI=1S/C77H126O6/c1-4-7-10-13-16-19-22-25-27-29-30-31-32-33-34-35-36-37-38-39-40-41-42-43-44-45-46-48-49-52-55-58-61-64-67-70-76(79)82-73-74(72-81-75(78)69-66-63-60-57-54-51-24-21-18-15-12-9-6-3)83-77(80)71-68-65-62-59-56-53-50-47-28-26-23-20-17-14-11-8-5-2/h7,10,12,15-16,19,21,24-28,30-31,33-34,36-37,39-40,42-43,45-46,74H,4-6,8-9,11,13-14,17-18,20,22-23,29,32,35,38,41,44,47-73H2,1-3H3/b10-7-,15-12-,19-16-,24-21-,27-25-,28-26-,31-30-,34-33-,37-36-,40-39-,43-42-,46-45-. The Morgan fingerprint density at radius 2 is 0.494 bits per heavy atom. The number of esters is 3. The zero-order valence-electron chi connectivity index (χ0n) is 53.9. The molecule has 1 unspecified atom stereocenters. The van der Waals surface area contributed by atoms with Crippen LogP contribution in [0.5, 0.6) is 0 Å². The fourth-order valence-corrected chi connectivity index (χ4v) is 9.17. The molecule has 0 bridgehead atoms. The van der Waals surface area contributed by atoms with Crippen LogP contribution in [-0.4, -0.2) is 37.2 Å². The van der Waals surface area contributed by atoms with E-state index in [-0.39, 0.29) is 31.1 Å². The highest BCUT2D eigenvalue weighted by Gasteiger charge is 2.19. The van der Waals surface area contributed by atoms with Crippen molar-refractivity contribution in [1.82, 2.24) is 0 Å². The van der Waals surface area contributed by atoms with Crippen LogP contribution in [0.4, 0.5) is 0 Å². The van der Waals surface area contributed by atoms with Crippen molar-refractivity contribution < 1.29 is 28.6 Å². The number of rotatable bonds is 61. The highest BCUT2D eigenvalue weighted by atomic mass is 16.6. The van der Waals surface area contributed by atoms with Crippen molar-refractivity contribution in [3.8, 4) is 0 Å². The van der Waals surface area contributed by atoms with E-state index in [1.807, 2.05) is 0 Å². The predicted octanol–water partition coefficient (Wildman–Crippen LogP) is 23.9. The van der Waals surface area contributed by atoms with Gasteiger partial charge in [0.1, 0.15) is 13.2 Å². The van der Waals surface area contributed by atoms with E-state index in [0.29, 0.717) is 19.3 Å². The molecule has 1 atom stereocenters. The average Bonchev–Trinajstić information content (AvgIpc) is 3.49. The second-order valence-corrected chi connectivity index (χ2v) is 22.3. The molecular formula is C77H126O6. The molecular weight excluding hydrogens is 1020 g/mol. The van der Waals surface area contributed by atoms with Crippen LogP contribution in [0, 0.1) is 0 Å². The molecule has 0 spiro atoms. The van der Waals surface area contributed by atoms with Crippen LogP contribution < -0.4 is 0 Å². The van der Waals surface area contributed by atoms with E-state index in [2.05, 4.69) is 167 Å². The van der Waals surface area contributed by atoms with Crippen LogP contribution in [0.15, 0.2) is 146 Å². The summed E-state index contributed by atoms with van der Waals surface area (Å²) in [6.07, 6.45) is 100. The van der Waals surface area contributed by atoms with Gasteiger partial charge in [-0.2, -0.15) is 0 Å². The van der Waals surface area contributed by atoms with E-state index in [1.54, 1.807) is 0 Å². The summed E-state index contributed by atoms with van der Waals surface area (Å²) in [4.78, 5) is 38.3. The third-order valence-corrected chi connectivity index (χ3v) is 14.3. The lowest BCUT2D eigenvalue weighted by molar-refractivity contribution is -0.167. The van der Waals surface area contributed by atoms with Crippen LogP contribution in [0.3, 0.4) is 0 Å². The van der Waals surface area contributed by atoms with Gasteiger partial charge in [0.25, 0.3) is 0 Å². The summed E-state index contributed by atoms with van der Waals surface area (Å²) in [6, 6.07) is 0. The zero-order chi connectivity index (χ0) is 59.9. The summed E-state index contributed by atoms with van der Waals surface area (Å²) in [7, 11) is 0. The molecule has 0 saturated carbocycles. The molecule has 0 aliphatic carbocycles. The first-order chi connectivity index (χ1) is 41.0. The Morgan fingerprint density at radius 3 is 0.795 bits per heavy atom. The quantitative estimate of drug-likeness (QED) is 0.0261. The average molecular weight is 1150 g/mol. The second kappa shape index (κ2) is 69.8. The van der Waals surface area contributed by atoms with Crippen LogP contribution in [0.2, 0.25) is 0 Å². The maximum absolute atomic E-state index is 12.9. The molecule has 0 aromatic carbocycles. The molecule has 0 rings (SSSR count). The van der Waals surface area contributed by atoms with Gasteiger partial charge in [-0.05, 0) is 141 Å². The van der Waals surface area contributed by atoms with Crippen LogP contribution >= 0.6 is 0 Å². The first-order valence-corrected chi connectivity index (χ1v) is 34.3. The molecule has 0 radical (unpaired) electrons. The van der Waals surface area contributed by atoms with Gasteiger partial charge in [0, 0.05) is 19.3 Å². The minimum atomic E-state index is -0.797. The van der Waals surface area contributed by atoms with E-state index in [4.69, 9.17) is 14.2 Å². The molecule has 0 heterocycles. The third-order valence-electron chi connectivity index (χ3n) is 14.3. The number of hydrogen-bond donors (Lipinski definition) is 0. The maximum Gasteiger partial charge on any atom is 0.306 e. The van der Waals surface area contributed by atoms with Crippen LogP contribution in [0.1, 0.15) is 303 Å². The van der Waals surface area contributed by atoms with Crippen molar-refractivity contribution in [3.63, 3.8) is 0 Å². The van der Waals surface area contributed by atoms with Gasteiger partial charge in [-0.25, -0.2) is 0 Å². The van der Waals surface area contributed by atoms with Gasteiger partial charge >= 0.3 is 17.9 Å². The SMILES string of the molecule is CC/C=C\C/C=C\C/C=C\C/C=C\C/C=C\C/C=C\C/C=C\C/C=C\C/C=C\CCCCCCCCCC(=O)OCC(COC(=O)CCCCCCC/C=C\C/C=C\CCC)OC(=O)CCCCCCCCC/C=C\CCCCCCCC. The fraction of sp³-hybridized carbons (Fsp3) is 0.649. The summed E-state index contributed by atoms with van der Waals surface area (Å²) in [5.41, 5.74) is 0. The molecule has 6 heteroatoms. The zero-order valence-corrected chi connectivity index (χ0v) is 53.9. The van der Waals surface area contributed by atoms with Crippen molar-refractivity contribution in [1.29, 1.82) is 0 Å². The molecule has 0 fully saturated rings. The lowest BCUT2D eigenvalue weighted by Crippen LogP contribution is -2.30. The molecule has 0 N–H and O–H groups in total. The largest absolute Gasteiger partial charge is 0.462 e. The van der Waals surface area contributed by atoms with E-state index in [9.17, 15) is 14.4 Å². The number of hydrogen-bond acceptors (Lipinski definition) is 6. The molecule has 0 aliphatic heterocycles. The maximum atomic E-state index is 12.9. The fourth-order valence-electron chi connectivity index (χ4n) is 9.17. The van der Waals surface area contributed by atoms with Crippen LogP contribution in [-0.2, 0) is 28.6 Å². The number of carbonyl (C=O) groups excluding carboxylic acids is 3. The molecule has 470 valence electrons. The van der Waals surface area contributed by atoms with E-state index >= 15 is 0 Å². The molecule has 6 nitrogen and oxygen atoms in total. The Kier molecular flexibility index (Phi) is 65.8. The topological polar surface area (TPSA) is 78.9 Å². The Morgan fingerprint density at radius 1 is 0.253 bits per heavy atom. The Labute approximate surface area is 512 Å². The molecule has 0 aromatic rings. The van der Waals surface area contributed by atoms with Gasteiger partial charge in [0.15, 0.2) is 6.10 Å². The predicted molar refractivity (Wildman–Crippen MR) is 362 cm³/mol. The smallest absolute Gasteiger partial charge is 0.306 e. The van der Waals surface area contributed by atoms with Crippen molar-refractivity contribution in [2.75, 3.05) is 13.2 Å². The highest BCUT2D eigenvalue weighted by Crippen LogP contribution is 2.15. The molecule has 0 saturated heterocycles. The number of carbonyl (C=O) groups is 3. The molecule has 0 aliphatic rings. The second-order valence-electron chi connectivity index (χ2n) is 22.3. The summed E-state index contributed by atoms with van der Waals surface area (Å²) >= 11 is 0. The first kappa shape index (κ1) is 78.3. The minimum Gasteiger partial charge on any atom is -0.462 e. The van der Waals surface area contributed by atoms with Gasteiger partial charge in [-0.3, -0.25) is 14.4 Å². The first-order valence-electron chi connectivity index (χ1n) is 34.3. The monoisotopic (exact) mass is 1150 g/mol. The normalized spacial score (nSPS) is 13.0. The van der Waals surface area contributed by atoms with Gasteiger partial charge in [0.05, 0.1) is 0 Å². The summed E-state index contributed by atoms with van der Waals surface area (Å²) in [5, 5.41) is 0. The minimum absolute atomic E-state index is 0.0932. The summed E-state index contributed by atoms with van der Waals surface area (Å²) in [6.45, 7) is 6.44. The van der Waals surface area contributed by atoms with Crippen LogP contribution in [0.25, 0.3) is 0 Å². The van der Waals surface area contributed by atoms with Crippen molar-refractivity contribution in [2.45, 2.75) is 309 Å². The van der Waals surface area contributed by atoms with Gasteiger partial charge in [-0.1, -0.05) is 289 Å². The Hall–Kier alpha value is -4.71. The Balaban J connectivity index is 4.29. The lowest BCUT2D eigenvalue weighted by atomic mass is 10.1. The van der Waals surface area contributed by atoms with Gasteiger partial charge < -0.3 is 14.2 Å². The summed E-state index contributed by atoms with van der Waals surface area (Å²) < 4.78 is 16.9. The molecule has 0 amide bonds. The lowest BCUT2D eigenvalue weighted by Gasteiger charge is -2.18. The molecule has 0 aromatic heterocycles. The van der Waals surface area contributed by atoms with Crippen molar-refractivity contribution >= 4 is 17.9 Å². The number of allylic oxidation sites excluding steroid dienone is 24. The number of unbranched alkanes of at least 4 members (excludes halogenated alkanes) is 26. The third kappa shape index (κ3) is 68.0. The number of ether oxygens (including phenoxy) is 3. The van der Waals surface area contributed by atoms with E-state index in [0.717, 1.165) is 154 Å².